The predicted molar refractivity (Wildman–Crippen MR) is 81.6 cm³/mol. The highest BCUT2D eigenvalue weighted by molar-refractivity contribution is 6.31. The first-order chi connectivity index (χ1) is 9.99. The molecule has 0 amide bonds. The van der Waals surface area contributed by atoms with Crippen molar-refractivity contribution in [3.8, 4) is 0 Å². The number of benzene rings is 2. The zero-order valence-electron chi connectivity index (χ0n) is 10.9. The lowest BCUT2D eigenvalue weighted by Gasteiger charge is -2.12. The lowest BCUT2D eigenvalue weighted by molar-refractivity contribution is -0.146. The van der Waals surface area contributed by atoms with Crippen molar-refractivity contribution in [1.29, 1.82) is 0 Å². The van der Waals surface area contributed by atoms with Gasteiger partial charge in [0, 0.05) is 21.8 Å². The standard InChI is InChI=1S/C15H13ClN2O3/c16-10-6-7-12(17)11(8-10)13(18-14(19)15(20)21)9-4-2-1-3-5-9/h1-8,14,19H,17H2,(H,20,21). The second-order valence-electron chi connectivity index (χ2n) is 4.29. The maximum Gasteiger partial charge on any atom is 0.355 e. The van der Waals surface area contributed by atoms with Crippen molar-refractivity contribution >= 4 is 29.0 Å². The van der Waals surface area contributed by atoms with Crippen molar-refractivity contribution in [2.75, 3.05) is 5.73 Å². The third-order valence-corrected chi connectivity index (χ3v) is 3.03. The number of carboxylic acids is 1. The molecule has 0 radical (unpaired) electrons. The van der Waals surface area contributed by atoms with E-state index in [0.29, 0.717) is 21.8 Å². The summed E-state index contributed by atoms with van der Waals surface area (Å²) >= 11 is 5.96. The lowest BCUT2D eigenvalue weighted by Crippen LogP contribution is -2.20. The highest BCUT2D eigenvalue weighted by Gasteiger charge is 2.17. The van der Waals surface area contributed by atoms with Crippen molar-refractivity contribution < 1.29 is 15.0 Å². The van der Waals surface area contributed by atoms with E-state index in [0.717, 1.165) is 0 Å². The van der Waals surface area contributed by atoms with Gasteiger partial charge in [-0.3, -0.25) is 0 Å². The number of nitrogen functional groups attached to an aromatic ring is 1. The topological polar surface area (TPSA) is 95.9 Å². The number of nitrogens with zero attached hydrogens (tertiary/aromatic N) is 1. The van der Waals surface area contributed by atoms with Gasteiger partial charge in [0.05, 0.1) is 5.71 Å². The van der Waals surface area contributed by atoms with Gasteiger partial charge in [-0.05, 0) is 18.2 Å². The molecule has 0 saturated heterocycles. The molecule has 2 aromatic rings. The fraction of sp³-hybridized carbons (Fsp3) is 0.0667. The quantitative estimate of drug-likeness (QED) is 0.596. The average molecular weight is 305 g/mol. The first-order valence-electron chi connectivity index (χ1n) is 6.08. The van der Waals surface area contributed by atoms with Gasteiger partial charge in [-0.1, -0.05) is 41.9 Å². The number of hydrogen-bond donors (Lipinski definition) is 3. The molecule has 0 saturated carbocycles. The summed E-state index contributed by atoms with van der Waals surface area (Å²) in [5.41, 5.74) is 7.67. The Morgan fingerprint density at radius 1 is 1.19 bits per heavy atom. The second-order valence-corrected chi connectivity index (χ2v) is 4.72. The van der Waals surface area contributed by atoms with Crippen LogP contribution in [-0.4, -0.2) is 28.1 Å². The molecule has 108 valence electrons. The number of hydrogen-bond acceptors (Lipinski definition) is 4. The minimum atomic E-state index is -1.88. The van der Waals surface area contributed by atoms with Gasteiger partial charge in [-0.25, -0.2) is 9.79 Å². The molecule has 5 nitrogen and oxygen atoms in total. The molecule has 0 heterocycles. The van der Waals surface area contributed by atoms with Crippen LogP contribution in [0.5, 0.6) is 0 Å². The number of rotatable bonds is 4. The highest BCUT2D eigenvalue weighted by atomic mass is 35.5. The molecule has 0 spiro atoms. The van der Waals surface area contributed by atoms with Crippen molar-refractivity contribution in [3.05, 3.63) is 64.7 Å². The van der Waals surface area contributed by atoms with Crippen LogP contribution in [0.3, 0.4) is 0 Å². The van der Waals surface area contributed by atoms with Crippen LogP contribution in [0.25, 0.3) is 0 Å². The van der Waals surface area contributed by atoms with Gasteiger partial charge < -0.3 is 15.9 Å². The average Bonchev–Trinajstić information content (AvgIpc) is 2.48. The molecule has 0 aliphatic heterocycles. The highest BCUT2D eigenvalue weighted by Crippen LogP contribution is 2.22. The van der Waals surface area contributed by atoms with Gasteiger partial charge in [0.15, 0.2) is 0 Å². The van der Waals surface area contributed by atoms with Crippen molar-refractivity contribution in [2.45, 2.75) is 6.23 Å². The number of nitrogens with two attached hydrogens (primary N) is 1. The number of aliphatic hydroxyl groups is 1. The van der Waals surface area contributed by atoms with Crippen LogP contribution in [0.2, 0.25) is 5.02 Å². The number of halogens is 1. The molecule has 0 aliphatic rings. The molecule has 0 aliphatic carbocycles. The molecule has 1 atom stereocenters. The van der Waals surface area contributed by atoms with Crippen molar-refractivity contribution in [3.63, 3.8) is 0 Å². The summed E-state index contributed by atoms with van der Waals surface area (Å²) < 4.78 is 0. The van der Waals surface area contributed by atoms with Crippen LogP contribution in [0.15, 0.2) is 53.5 Å². The summed E-state index contributed by atoms with van der Waals surface area (Å²) in [4.78, 5) is 14.7. The minimum absolute atomic E-state index is 0.269. The van der Waals surface area contributed by atoms with Crippen LogP contribution in [0.4, 0.5) is 5.69 Å². The third-order valence-electron chi connectivity index (χ3n) is 2.79. The Hall–Kier alpha value is -2.37. The lowest BCUT2D eigenvalue weighted by atomic mass is 10.0. The third kappa shape index (κ3) is 3.59. The molecular weight excluding hydrogens is 292 g/mol. The summed E-state index contributed by atoms with van der Waals surface area (Å²) in [7, 11) is 0. The molecule has 0 aromatic heterocycles. The zero-order chi connectivity index (χ0) is 15.4. The summed E-state index contributed by atoms with van der Waals surface area (Å²) in [5, 5.41) is 18.8. The molecule has 2 aromatic carbocycles. The molecule has 0 fully saturated rings. The van der Waals surface area contributed by atoms with E-state index in [4.69, 9.17) is 22.4 Å². The van der Waals surface area contributed by atoms with E-state index < -0.39 is 12.2 Å². The van der Waals surface area contributed by atoms with E-state index in [1.54, 1.807) is 42.5 Å². The molecular formula is C15H13ClN2O3. The Kier molecular flexibility index (Phi) is 4.57. The van der Waals surface area contributed by atoms with Crippen LogP contribution in [0.1, 0.15) is 11.1 Å². The van der Waals surface area contributed by atoms with Crippen molar-refractivity contribution in [2.24, 2.45) is 4.99 Å². The Balaban J connectivity index is 2.61. The summed E-state index contributed by atoms with van der Waals surface area (Å²) in [6.45, 7) is 0. The minimum Gasteiger partial charge on any atom is -0.478 e. The maximum absolute atomic E-state index is 10.8. The van der Waals surface area contributed by atoms with E-state index >= 15 is 0 Å². The monoisotopic (exact) mass is 304 g/mol. The number of carboxylic acid groups (broad SMARTS) is 1. The Morgan fingerprint density at radius 3 is 2.48 bits per heavy atom. The smallest absolute Gasteiger partial charge is 0.355 e. The summed E-state index contributed by atoms with van der Waals surface area (Å²) in [6, 6.07) is 13.7. The van der Waals surface area contributed by atoms with Gasteiger partial charge in [0.25, 0.3) is 0 Å². The van der Waals surface area contributed by atoms with Crippen molar-refractivity contribution in [1.82, 2.24) is 0 Å². The van der Waals surface area contributed by atoms with E-state index in [9.17, 15) is 9.90 Å². The Bertz CT molecular complexity index is 687. The number of aliphatic hydroxyl groups excluding tert-OH is 1. The number of carbonyl (C=O) groups is 1. The van der Waals surface area contributed by atoms with Crippen LogP contribution in [0, 0.1) is 0 Å². The van der Waals surface area contributed by atoms with Gasteiger partial charge in [0.2, 0.25) is 6.23 Å². The molecule has 21 heavy (non-hydrogen) atoms. The molecule has 2 rings (SSSR count). The normalized spacial score (nSPS) is 13.0. The SMILES string of the molecule is Nc1ccc(Cl)cc1C(=NC(O)C(=O)O)c1ccccc1. The van der Waals surface area contributed by atoms with Gasteiger partial charge in [0.1, 0.15) is 0 Å². The summed E-state index contributed by atoms with van der Waals surface area (Å²) in [6.07, 6.45) is -1.88. The summed E-state index contributed by atoms with van der Waals surface area (Å²) in [5.74, 6) is -1.44. The van der Waals surface area contributed by atoms with Crippen LogP contribution < -0.4 is 5.73 Å². The van der Waals surface area contributed by atoms with Gasteiger partial charge >= 0.3 is 5.97 Å². The van der Waals surface area contributed by atoms with Gasteiger partial charge in [-0.15, -0.1) is 0 Å². The molecule has 4 N–H and O–H groups in total. The maximum atomic E-state index is 10.8. The fourth-order valence-corrected chi connectivity index (χ4v) is 1.98. The second kappa shape index (κ2) is 6.39. The zero-order valence-corrected chi connectivity index (χ0v) is 11.7. The first-order valence-corrected chi connectivity index (χ1v) is 6.46. The largest absolute Gasteiger partial charge is 0.478 e. The van der Waals surface area contributed by atoms with E-state index in [1.807, 2.05) is 6.07 Å². The van der Waals surface area contributed by atoms with Crippen LogP contribution in [-0.2, 0) is 4.79 Å². The predicted octanol–water partition coefficient (Wildman–Crippen LogP) is 2.16. The first kappa shape index (κ1) is 15.0. The Morgan fingerprint density at radius 2 is 1.86 bits per heavy atom. The van der Waals surface area contributed by atoms with E-state index in [2.05, 4.69) is 4.99 Å². The van der Waals surface area contributed by atoms with E-state index in [1.165, 1.54) is 0 Å². The molecule has 1 unspecified atom stereocenters. The fourth-order valence-electron chi connectivity index (χ4n) is 1.81. The molecule has 6 heteroatoms. The van der Waals surface area contributed by atoms with E-state index in [-0.39, 0.29) is 5.71 Å². The molecule has 0 bridgehead atoms. The Labute approximate surface area is 126 Å². The van der Waals surface area contributed by atoms with Gasteiger partial charge in [-0.2, -0.15) is 0 Å². The number of anilines is 1. The number of aliphatic imine (C=N–C) groups is 1. The van der Waals surface area contributed by atoms with Crippen LogP contribution >= 0.6 is 11.6 Å². The number of aliphatic carboxylic acids is 1.